The molecule has 0 aromatic heterocycles. The lowest BCUT2D eigenvalue weighted by atomic mass is 10.3. The van der Waals surface area contributed by atoms with E-state index in [1.54, 1.807) is 0 Å². The maximum atomic E-state index is 5.90. The fourth-order valence-corrected chi connectivity index (χ4v) is 2.74. The Morgan fingerprint density at radius 1 is 1.38 bits per heavy atom. The van der Waals surface area contributed by atoms with Crippen molar-refractivity contribution >= 4 is 5.96 Å². The van der Waals surface area contributed by atoms with E-state index >= 15 is 0 Å². The van der Waals surface area contributed by atoms with E-state index in [1.807, 2.05) is 0 Å². The zero-order valence-electron chi connectivity index (χ0n) is 13.4. The zero-order valence-corrected chi connectivity index (χ0v) is 13.4. The van der Waals surface area contributed by atoms with Gasteiger partial charge >= 0.3 is 0 Å². The standard InChI is InChI=1S/C15H31N5O/c1-2-20(14-4-5-14)9-7-18-15(16)17-6-3-8-19-10-12-21-13-11-19/h14H,2-13H2,1H3,(H3,16,17,18). The van der Waals surface area contributed by atoms with Crippen LogP contribution in [-0.2, 0) is 4.74 Å². The summed E-state index contributed by atoms with van der Waals surface area (Å²) in [5.74, 6) is 0.587. The van der Waals surface area contributed by atoms with E-state index < -0.39 is 0 Å². The van der Waals surface area contributed by atoms with E-state index in [4.69, 9.17) is 10.5 Å². The summed E-state index contributed by atoms with van der Waals surface area (Å²) in [5.41, 5.74) is 5.90. The normalized spacial score (nSPS) is 21.0. The fourth-order valence-electron chi connectivity index (χ4n) is 2.74. The second-order valence-corrected chi connectivity index (χ2v) is 5.86. The zero-order chi connectivity index (χ0) is 14.9. The van der Waals surface area contributed by atoms with Gasteiger partial charge in [-0.25, -0.2) is 0 Å². The summed E-state index contributed by atoms with van der Waals surface area (Å²) in [6, 6.07) is 0.823. The number of nitrogens with one attached hydrogen (secondary N) is 1. The summed E-state index contributed by atoms with van der Waals surface area (Å²) in [6.07, 6.45) is 3.78. The molecule has 122 valence electrons. The molecule has 0 aromatic rings. The van der Waals surface area contributed by atoms with Gasteiger partial charge in [-0.1, -0.05) is 6.92 Å². The molecule has 1 aliphatic carbocycles. The predicted molar refractivity (Wildman–Crippen MR) is 86.6 cm³/mol. The van der Waals surface area contributed by atoms with Gasteiger partial charge in [0.25, 0.3) is 0 Å². The summed E-state index contributed by atoms with van der Waals surface area (Å²) in [6.45, 7) is 11.0. The van der Waals surface area contributed by atoms with Crippen molar-refractivity contribution in [2.45, 2.75) is 32.2 Å². The van der Waals surface area contributed by atoms with Gasteiger partial charge in [0.1, 0.15) is 0 Å². The van der Waals surface area contributed by atoms with Crippen LogP contribution in [0.15, 0.2) is 4.99 Å². The van der Waals surface area contributed by atoms with Crippen LogP contribution in [-0.4, -0.2) is 80.8 Å². The summed E-state index contributed by atoms with van der Waals surface area (Å²) >= 11 is 0. The molecule has 0 bridgehead atoms. The molecule has 0 radical (unpaired) electrons. The first-order valence-corrected chi connectivity index (χ1v) is 8.37. The average molecular weight is 297 g/mol. The van der Waals surface area contributed by atoms with Crippen molar-refractivity contribution in [1.29, 1.82) is 0 Å². The van der Waals surface area contributed by atoms with Crippen LogP contribution < -0.4 is 11.1 Å². The van der Waals surface area contributed by atoms with E-state index in [9.17, 15) is 0 Å². The first kappa shape index (κ1) is 16.5. The van der Waals surface area contributed by atoms with Crippen LogP contribution in [0.25, 0.3) is 0 Å². The molecule has 1 saturated heterocycles. The Bertz CT molecular complexity index is 313. The number of rotatable bonds is 9. The van der Waals surface area contributed by atoms with E-state index in [1.165, 1.54) is 12.8 Å². The van der Waals surface area contributed by atoms with Crippen LogP contribution in [0.3, 0.4) is 0 Å². The minimum absolute atomic E-state index is 0.587. The van der Waals surface area contributed by atoms with E-state index in [2.05, 4.69) is 27.0 Å². The molecule has 2 rings (SSSR count). The van der Waals surface area contributed by atoms with Crippen molar-refractivity contribution in [2.75, 3.05) is 59.0 Å². The third-order valence-electron chi connectivity index (χ3n) is 4.19. The Morgan fingerprint density at radius 3 is 2.81 bits per heavy atom. The molecule has 0 aromatic carbocycles. The second-order valence-electron chi connectivity index (χ2n) is 5.86. The molecule has 1 saturated carbocycles. The summed E-state index contributed by atoms with van der Waals surface area (Å²) in [5, 5.41) is 3.22. The van der Waals surface area contributed by atoms with Crippen LogP contribution in [0.4, 0.5) is 0 Å². The molecule has 0 amide bonds. The quantitative estimate of drug-likeness (QED) is 0.359. The Hall–Kier alpha value is -0.850. The second kappa shape index (κ2) is 9.23. The molecule has 21 heavy (non-hydrogen) atoms. The van der Waals surface area contributed by atoms with Crippen molar-refractivity contribution < 1.29 is 4.74 Å². The third kappa shape index (κ3) is 6.63. The molecule has 1 aliphatic heterocycles. The smallest absolute Gasteiger partial charge is 0.188 e. The maximum absolute atomic E-state index is 5.90. The van der Waals surface area contributed by atoms with E-state index in [-0.39, 0.29) is 0 Å². The monoisotopic (exact) mass is 297 g/mol. The number of likely N-dealkylation sites (N-methyl/N-ethyl adjacent to an activating group) is 1. The highest BCUT2D eigenvalue weighted by Gasteiger charge is 2.27. The first-order valence-electron chi connectivity index (χ1n) is 8.37. The van der Waals surface area contributed by atoms with Crippen LogP contribution in [0.5, 0.6) is 0 Å². The number of guanidine groups is 1. The molecule has 0 unspecified atom stereocenters. The van der Waals surface area contributed by atoms with Crippen molar-refractivity contribution in [3.05, 3.63) is 0 Å². The molecule has 3 N–H and O–H groups in total. The highest BCUT2D eigenvalue weighted by molar-refractivity contribution is 5.77. The minimum atomic E-state index is 0.587. The van der Waals surface area contributed by atoms with Crippen molar-refractivity contribution in [1.82, 2.24) is 15.1 Å². The minimum Gasteiger partial charge on any atom is -0.379 e. The highest BCUT2D eigenvalue weighted by atomic mass is 16.5. The van der Waals surface area contributed by atoms with Gasteiger partial charge in [0.05, 0.1) is 13.2 Å². The number of aliphatic imine (C=N–C) groups is 1. The molecule has 6 nitrogen and oxygen atoms in total. The molecule has 6 heteroatoms. The van der Waals surface area contributed by atoms with Gasteiger partial charge in [0.15, 0.2) is 5.96 Å². The number of hydrogen-bond donors (Lipinski definition) is 2. The van der Waals surface area contributed by atoms with Gasteiger partial charge < -0.3 is 15.8 Å². The lowest BCUT2D eigenvalue weighted by molar-refractivity contribution is 0.0377. The number of morpholine rings is 1. The first-order chi connectivity index (χ1) is 10.3. The molecule has 2 aliphatic rings. The van der Waals surface area contributed by atoms with Crippen LogP contribution in [0.1, 0.15) is 26.2 Å². The van der Waals surface area contributed by atoms with Gasteiger partial charge in [0.2, 0.25) is 0 Å². The fraction of sp³-hybridized carbons (Fsp3) is 0.933. The van der Waals surface area contributed by atoms with Crippen molar-refractivity contribution in [3.63, 3.8) is 0 Å². The Balaban J connectivity index is 1.49. The predicted octanol–water partition coefficient (Wildman–Crippen LogP) is 0.0973. The van der Waals surface area contributed by atoms with E-state index in [0.717, 1.165) is 71.5 Å². The molecule has 1 heterocycles. The Labute approximate surface area is 128 Å². The van der Waals surface area contributed by atoms with Crippen molar-refractivity contribution in [2.24, 2.45) is 10.7 Å². The van der Waals surface area contributed by atoms with Gasteiger partial charge in [-0.2, -0.15) is 0 Å². The summed E-state index contributed by atoms with van der Waals surface area (Å²) < 4.78 is 5.34. The van der Waals surface area contributed by atoms with Gasteiger partial charge in [0, 0.05) is 45.3 Å². The lowest BCUT2D eigenvalue weighted by Gasteiger charge is -2.26. The number of ether oxygens (including phenoxy) is 1. The van der Waals surface area contributed by atoms with Gasteiger partial charge in [-0.15, -0.1) is 0 Å². The van der Waals surface area contributed by atoms with Gasteiger partial charge in [-0.05, 0) is 25.8 Å². The molecule has 0 atom stereocenters. The highest BCUT2D eigenvalue weighted by Crippen LogP contribution is 2.25. The molecule has 2 fully saturated rings. The Kier molecular flexibility index (Phi) is 7.26. The number of hydrogen-bond acceptors (Lipinski definition) is 4. The van der Waals surface area contributed by atoms with Crippen LogP contribution in [0, 0.1) is 0 Å². The van der Waals surface area contributed by atoms with Gasteiger partial charge in [-0.3, -0.25) is 14.8 Å². The molecular formula is C15H31N5O. The summed E-state index contributed by atoms with van der Waals surface area (Å²) in [4.78, 5) is 9.34. The topological polar surface area (TPSA) is 66.1 Å². The third-order valence-corrected chi connectivity index (χ3v) is 4.19. The van der Waals surface area contributed by atoms with Crippen LogP contribution in [0.2, 0.25) is 0 Å². The average Bonchev–Trinajstić information content (AvgIpc) is 3.34. The SMILES string of the molecule is CCN(CCNC(N)=NCCCN1CCOCC1)C1CC1. The van der Waals surface area contributed by atoms with Crippen LogP contribution >= 0.6 is 0 Å². The van der Waals surface area contributed by atoms with Crippen molar-refractivity contribution in [3.8, 4) is 0 Å². The summed E-state index contributed by atoms with van der Waals surface area (Å²) in [7, 11) is 0. The lowest BCUT2D eigenvalue weighted by Crippen LogP contribution is -2.39. The molecular weight excluding hydrogens is 266 g/mol. The van der Waals surface area contributed by atoms with E-state index in [0.29, 0.717) is 5.96 Å². The number of nitrogens with zero attached hydrogens (tertiary/aromatic N) is 3. The molecule has 0 spiro atoms. The largest absolute Gasteiger partial charge is 0.379 e. The maximum Gasteiger partial charge on any atom is 0.188 e. The number of nitrogens with two attached hydrogens (primary N) is 1. The Morgan fingerprint density at radius 2 is 2.14 bits per heavy atom.